The molecule has 0 aliphatic rings. The molecule has 0 aliphatic carbocycles. The normalized spacial score (nSPS) is 10.3. The third-order valence-corrected chi connectivity index (χ3v) is 3.96. The fraction of sp³-hybridized carbons (Fsp3) is 0.111. The Balaban J connectivity index is 1.50. The van der Waals surface area contributed by atoms with Gasteiger partial charge in [-0.2, -0.15) is 0 Å². The molecule has 0 amide bonds. The molecule has 4 nitrogen and oxygen atoms in total. The first kappa shape index (κ1) is 15.2. The van der Waals surface area contributed by atoms with E-state index in [0.717, 1.165) is 22.1 Å². The second kappa shape index (κ2) is 7.56. The molecule has 23 heavy (non-hydrogen) atoms. The molecule has 0 saturated heterocycles. The van der Waals surface area contributed by atoms with Crippen molar-refractivity contribution in [2.24, 2.45) is 0 Å². The number of para-hydroxylation sites is 1. The number of benzene rings is 2. The van der Waals surface area contributed by atoms with Crippen LogP contribution in [-0.4, -0.2) is 11.0 Å². The first-order valence-electron chi connectivity index (χ1n) is 7.25. The van der Waals surface area contributed by atoms with Crippen molar-refractivity contribution < 1.29 is 9.53 Å². The van der Waals surface area contributed by atoms with Crippen molar-refractivity contribution in [1.82, 2.24) is 4.98 Å². The second-order valence-electron chi connectivity index (χ2n) is 4.96. The molecule has 3 aromatic rings. The molecule has 2 aromatic carbocycles. The molecule has 1 aromatic heterocycles. The van der Waals surface area contributed by atoms with E-state index in [1.807, 2.05) is 66.0 Å². The molecule has 1 N–H and O–H groups in total. The zero-order chi connectivity index (χ0) is 15.9. The van der Waals surface area contributed by atoms with Crippen molar-refractivity contribution in [3.05, 3.63) is 77.3 Å². The average molecular weight is 324 g/mol. The Kier molecular flexibility index (Phi) is 5.01. The first-order valence-corrected chi connectivity index (χ1v) is 8.13. The number of nitrogens with one attached hydrogen (secondary N) is 1. The standard InChI is InChI=1S/C18H16N2O2S/c21-17(11-14-7-3-1-4-8-14)22-12-16-13-23-18(20-16)19-15-9-5-2-6-10-15/h1-10,13H,11-12H2,(H,19,20). The third kappa shape index (κ3) is 4.66. The number of esters is 1. The summed E-state index contributed by atoms with van der Waals surface area (Å²) in [5.41, 5.74) is 2.67. The number of hydrogen-bond donors (Lipinski definition) is 1. The maximum absolute atomic E-state index is 11.8. The minimum Gasteiger partial charge on any atom is -0.459 e. The Bertz CT molecular complexity index is 757. The molecule has 116 valence electrons. The van der Waals surface area contributed by atoms with Crippen LogP contribution >= 0.6 is 11.3 Å². The monoisotopic (exact) mass is 324 g/mol. The number of anilines is 2. The topological polar surface area (TPSA) is 51.2 Å². The maximum Gasteiger partial charge on any atom is 0.310 e. The van der Waals surface area contributed by atoms with Crippen molar-refractivity contribution >= 4 is 28.1 Å². The molecule has 3 rings (SSSR count). The summed E-state index contributed by atoms with van der Waals surface area (Å²) in [7, 11) is 0. The van der Waals surface area contributed by atoms with E-state index < -0.39 is 0 Å². The van der Waals surface area contributed by atoms with Crippen LogP contribution in [0, 0.1) is 0 Å². The van der Waals surface area contributed by atoms with E-state index in [9.17, 15) is 4.79 Å². The number of aromatic nitrogens is 1. The van der Waals surface area contributed by atoms with Gasteiger partial charge in [0.15, 0.2) is 5.13 Å². The molecule has 0 saturated carbocycles. The van der Waals surface area contributed by atoms with E-state index in [1.165, 1.54) is 11.3 Å². The van der Waals surface area contributed by atoms with Gasteiger partial charge in [-0.05, 0) is 17.7 Å². The minimum absolute atomic E-state index is 0.193. The highest BCUT2D eigenvalue weighted by atomic mass is 32.1. The van der Waals surface area contributed by atoms with Crippen molar-refractivity contribution in [3.8, 4) is 0 Å². The lowest BCUT2D eigenvalue weighted by atomic mass is 10.2. The molecule has 0 fully saturated rings. The molecule has 0 spiro atoms. The molecule has 0 radical (unpaired) electrons. The van der Waals surface area contributed by atoms with Crippen molar-refractivity contribution in [3.63, 3.8) is 0 Å². The predicted molar refractivity (Wildman–Crippen MR) is 91.8 cm³/mol. The number of thiazole rings is 1. The second-order valence-corrected chi connectivity index (χ2v) is 5.82. The lowest BCUT2D eigenvalue weighted by Gasteiger charge is -2.03. The third-order valence-electron chi connectivity index (χ3n) is 3.15. The summed E-state index contributed by atoms with van der Waals surface area (Å²) in [4.78, 5) is 16.2. The molecule has 0 bridgehead atoms. The van der Waals surface area contributed by atoms with E-state index in [2.05, 4.69) is 10.3 Å². The van der Waals surface area contributed by atoms with Crippen LogP contribution in [0.2, 0.25) is 0 Å². The van der Waals surface area contributed by atoms with Gasteiger partial charge in [0, 0.05) is 11.1 Å². The van der Waals surface area contributed by atoms with Gasteiger partial charge in [-0.1, -0.05) is 48.5 Å². The quantitative estimate of drug-likeness (QED) is 0.691. The van der Waals surface area contributed by atoms with E-state index in [1.54, 1.807) is 0 Å². The Morgan fingerprint density at radius 2 is 1.74 bits per heavy atom. The van der Waals surface area contributed by atoms with Crippen LogP contribution in [0.5, 0.6) is 0 Å². The van der Waals surface area contributed by atoms with Gasteiger partial charge in [0.05, 0.1) is 12.1 Å². The van der Waals surface area contributed by atoms with Crippen LogP contribution in [0.15, 0.2) is 66.0 Å². The fourth-order valence-electron chi connectivity index (χ4n) is 2.04. The fourth-order valence-corrected chi connectivity index (χ4v) is 2.76. The molecule has 0 aliphatic heterocycles. The van der Waals surface area contributed by atoms with Crippen molar-refractivity contribution in [1.29, 1.82) is 0 Å². The number of nitrogens with zero attached hydrogens (tertiary/aromatic N) is 1. The highest BCUT2D eigenvalue weighted by Gasteiger charge is 2.07. The maximum atomic E-state index is 11.8. The van der Waals surface area contributed by atoms with Gasteiger partial charge in [0.2, 0.25) is 0 Å². The molecule has 5 heteroatoms. The SMILES string of the molecule is O=C(Cc1ccccc1)OCc1csc(Nc2ccccc2)n1. The number of hydrogen-bond acceptors (Lipinski definition) is 5. The minimum atomic E-state index is -0.248. The summed E-state index contributed by atoms with van der Waals surface area (Å²) < 4.78 is 5.27. The summed E-state index contributed by atoms with van der Waals surface area (Å²) >= 11 is 1.49. The zero-order valence-electron chi connectivity index (χ0n) is 12.4. The number of carbonyl (C=O) groups excluding carboxylic acids is 1. The van der Waals surface area contributed by atoms with Gasteiger partial charge in [-0.15, -0.1) is 11.3 Å². The van der Waals surface area contributed by atoms with Crippen molar-refractivity contribution in [2.45, 2.75) is 13.0 Å². The predicted octanol–water partition coefficient (Wildman–Crippen LogP) is 4.17. The Morgan fingerprint density at radius 3 is 2.48 bits per heavy atom. The van der Waals surface area contributed by atoms with Gasteiger partial charge >= 0.3 is 5.97 Å². The Hall–Kier alpha value is -2.66. The number of ether oxygens (including phenoxy) is 1. The lowest BCUT2D eigenvalue weighted by Crippen LogP contribution is -2.08. The van der Waals surface area contributed by atoms with Gasteiger partial charge < -0.3 is 10.1 Å². The van der Waals surface area contributed by atoms with Crippen LogP contribution < -0.4 is 5.32 Å². The molecule has 0 atom stereocenters. The number of rotatable bonds is 6. The largest absolute Gasteiger partial charge is 0.459 e. The highest BCUT2D eigenvalue weighted by Crippen LogP contribution is 2.21. The molecular formula is C18H16N2O2S. The van der Waals surface area contributed by atoms with Crippen LogP contribution in [0.1, 0.15) is 11.3 Å². The highest BCUT2D eigenvalue weighted by molar-refractivity contribution is 7.13. The number of carbonyl (C=O) groups is 1. The van der Waals surface area contributed by atoms with Crippen LogP contribution in [0.3, 0.4) is 0 Å². The van der Waals surface area contributed by atoms with Gasteiger partial charge in [-0.25, -0.2) is 4.98 Å². The van der Waals surface area contributed by atoms with Crippen LogP contribution in [0.4, 0.5) is 10.8 Å². The average Bonchev–Trinajstić information content (AvgIpc) is 3.02. The van der Waals surface area contributed by atoms with E-state index >= 15 is 0 Å². The summed E-state index contributed by atoms with van der Waals surface area (Å²) in [5.74, 6) is -0.248. The van der Waals surface area contributed by atoms with Crippen LogP contribution in [-0.2, 0) is 22.6 Å². The Labute approximate surface area is 138 Å². The zero-order valence-corrected chi connectivity index (χ0v) is 13.3. The van der Waals surface area contributed by atoms with Gasteiger partial charge in [0.25, 0.3) is 0 Å². The summed E-state index contributed by atoms with van der Waals surface area (Å²) in [6.07, 6.45) is 0.278. The summed E-state index contributed by atoms with van der Waals surface area (Å²) in [6, 6.07) is 19.4. The van der Waals surface area contributed by atoms with Crippen molar-refractivity contribution in [2.75, 3.05) is 5.32 Å². The van der Waals surface area contributed by atoms with E-state index in [4.69, 9.17) is 4.74 Å². The first-order chi connectivity index (χ1) is 11.3. The smallest absolute Gasteiger partial charge is 0.310 e. The van der Waals surface area contributed by atoms with E-state index in [0.29, 0.717) is 0 Å². The van der Waals surface area contributed by atoms with Gasteiger partial charge in [-0.3, -0.25) is 4.79 Å². The van der Waals surface area contributed by atoms with Gasteiger partial charge in [0.1, 0.15) is 6.61 Å². The summed E-state index contributed by atoms with van der Waals surface area (Å²) in [6.45, 7) is 0.193. The van der Waals surface area contributed by atoms with E-state index in [-0.39, 0.29) is 19.0 Å². The lowest BCUT2D eigenvalue weighted by molar-refractivity contribution is -0.144. The van der Waals surface area contributed by atoms with Crippen LogP contribution in [0.25, 0.3) is 0 Å². The molecular weight excluding hydrogens is 308 g/mol. The Morgan fingerprint density at radius 1 is 1.04 bits per heavy atom. The summed E-state index contributed by atoms with van der Waals surface area (Å²) in [5, 5.41) is 5.89. The molecule has 0 unspecified atom stereocenters. The molecule has 1 heterocycles.